The Bertz CT molecular complexity index is 824. The van der Waals surface area contributed by atoms with Crippen molar-refractivity contribution in [3.8, 4) is 0 Å². The summed E-state index contributed by atoms with van der Waals surface area (Å²) in [5.41, 5.74) is -1.06. The van der Waals surface area contributed by atoms with Crippen molar-refractivity contribution in [2.45, 2.75) is 5.78 Å². The van der Waals surface area contributed by atoms with Crippen LogP contribution in [0.1, 0.15) is 11.3 Å². The molecule has 0 amide bonds. The third-order valence-corrected chi connectivity index (χ3v) is 5.20. The van der Waals surface area contributed by atoms with Gasteiger partial charge in [0.2, 0.25) is 0 Å². The smallest absolute Gasteiger partial charge is 0.356 e. The molecule has 8 nitrogen and oxygen atoms in total. The summed E-state index contributed by atoms with van der Waals surface area (Å²) < 4.78 is 35.8. The molecular weight excluding hydrogens is 328 g/mol. The fourth-order valence-corrected chi connectivity index (χ4v) is 3.34. The molecule has 2 rings (SSSR count). The van der Waals surface area contributed by atoms with Crippen LogP contribution >= 0.6 is 7.60 Å². The standard InChI is InChI=1S/C13H15FN3O5P/c1-21-23(20,22-2)12(8-3-5-9(14)6-4-8)16-10-7-15-13(19)17-11(10)18/h3-7,12,16H,1-2H3,(H2,15,17,18,19). The minimum atomic E-state index is -3.70. The molecule has 0 bridgehead atoms. The van der Waals surface area contributed by atoms with Crippen LogP contribution in [-0.4, -0.2) is 24.2 Å². The van der Waals surface area contributed by atoms with E-state index in [9.17, 15) is 18.5 Å². The van der Waals surface area contributed by atoms with Crippen LogP contribution in [-0.2, 0) is 13.6 Å². The first-order valence-electron chi connectivity index (χ1n) is 6.45. The summed E-state index contributed by atoms with van der Waals surface area (Å²) in [6, 6.07) is 5.13. The van der Waals surface area contributed by atoms with Crippen molar-refractivity contribution in [2.75, 3.05) is 19.5 Å². The Balaban J connectivity index is 2.49. The molecule has 10 heteroatoms. The predicted molar refractivity (Wildman–Crippen MR) is 82.1 cm³/mol. The molecule has 1 aromatic heterocycles. The average molecular weight is 343 g/mol. The Hall–Kier alpha value is -2.22. The monoisotopic (exact) mass is 343 g/mol. The van der Waals surface area contributed by atoms with Crippen molar-refractivity contribution in [3.05, 3.63) is 62.7 Å². The third kappa shape index (κ3) is 3.76. The molecule has 0 aliphatic rings. The number of nitrogens with one attached hydrogen (secondary N) is 3. The van der Waals surface area contributed by atoms with Gasteiger partial charge in [0.15, 0.2) is 5.78 Å². The van der Waals surface area contributed by atoms with Crippen molar-refractivity contribution in [1.82, 2.24) is 9.97 Å². The summed E-state index contributed by atoms with van der Waals surface area (Å²) in [5, 5.41) is 2.70. The zero-order chi connectivity index (χ0) is 17.0. The number of hydrogen-bond acceptors (Lipinski definition) is 6. The van der Waals surface area contributed by atoms with Crippen LogP contribution in [0.3, 0.4) is 0 Å². The van der Waals surface area contributed by atoms with E-state index < -0.39 is 30.4 Å². The maximum Gasteiger partial charge on any atom is 0.356 e. The number of aromatic amines is 2. The Morgan fingerprint density at radius 1 is 1.17 bits per heavy atom. The third-order valence-electron chi connectivity index (χ3n) is 3.12. The number of halogens is 1. The van der Waals surface area contributed by atoms with Gasteiger partial charge in [0, 0.05) is 20.4 Å². The van der Waals surface area contributed by atoms with Gasteiger partial charge >= 0.3 is 13.3 Å². The molecule has 0 radical (unpaired) electrons. The Kier molecular flexibility index (Phi) is 5.15. The highest BCUT2D eigenvalue weighted by Gasteiger charge is 2.36. The Morgan fingerprint density at radius 2 is 1.78 bits per heavy atom. The lowest BCUT2D eigenvalue weighted by molar-refractivity contribution is 0.268. The molecule has 2 aromatic rings. The second-order valence-corrected chi connectivity index (χ2v) is 6.82. The highest BCUT2D eigenvalue weighted by atomic mass is 31.2. The SMILES string of the molecule is COP(=O)(OC)C(Nc1c[nH]c(=O)[nH]c1=O)c1ccc(F)cc1. The molecule has 0 aliphatic heterocycles. The van der Waals surface area contributed by atoms with Crippen LogP contribution in [0.25, 0.3) is 0 Å². The van der Waals surface area contributed by atoms with Crippen LogP contribution in [0.5, 0.6) is 0 Å². The summed E-state index contributed by atoms with van der Waals surface area (Å²) in [4.78, 5) is 27.2. The Labute approximate surface area is 130 Å². The minimum Gasteiger partial charge on any atom is -0.362 e. The Morgan fingerprint density at radius 3 is 2.30 bits per heavy atom. The normalized spacial score (nSPS) is 12.8. The average Bonchev–Trinajstić information content (AvgIpc) is 2.54. The summed E-state index contributed by atoms with van der Waals surface area (Å²) in [6.07, 6.45) is 1.13. The van der Waals surface area contributed by atoms with Gasteiger partial charge in [0.1, 0.15) is 11.5 Å². The second-order valence-electron chi connectivity index (χ2n) is 4.49. The van der Waals surface area contributed by atoms with E-state index in [2.05, 4.69) is 10.3 Å². The molecule has 0 saturated carbocycles. The number of anilines is 1. The first-order chi connectivity index (χ1) is 10.9. The van der Waals surface area contributed by atoms with Crippen LogP contribution in [0.4, 0.5) is 10.1 Å². The molecule has 1 atom stereocenters. The van der Waals surface area contributed by atoms with E-state index in [1.165, 1.54) is 38.5 Å². The van der Waals surface area contributed by atoms with Crippen LogP contribution in [0.2, 0.25) is 0 Å². The molecule has 0 aliphatic carbocycles. The minimum absolute atomic E-state index is 0.0479. The number of rotatable bonds is 6. The summed E-state index contributed by atoms with van der Waals surface area (Å²) >= 11 is 0. The molecule has 0 saturated heterocycles. The van der Waals surface area contributed by atoms with E-state index in [1.807, 2.05) is 4.98 Å². The molecular formula is C13H15FN3O5P. The molecule has 0 fully saturated rings. The number of H-pyrrole nitrogens is 2. The second kappa shape index (κ2) is 6.91. The lowest BCUT2D eigenvalue weighted by Gasteiger charge is -2.26. The van der Waals surface area contributed by atoms with Gasteiger partial charge in [-0.1, -0.05) is 12.1 Å². The van der Waals surface area contributed by atoms with Gasteiger partial charge in [0.25, 0.3) is 5.56 Å². The first-order valence-corrected chi connectivity index (χ1v) is 8.06. The van der Waals surface area contributed by atoms with E-state index in [0.29, 0.717) is 5.56 Å². The van der Waals surface area contributed by atoms with Crippen LogP contribution < -0.4 is 16.6 Å². The van der Waals surface area contributed by atoms with Crippen molar-refractivity contribution in [1.29, 1.82) is 0 Å². The largest absolute Gasteiger partial charge is 0.362 e. The summed E-state index contributed by atoms with van der Waals surface area (Å²) in [7, 11) is -1.32. The molecule has 1 heterocycles. The maximum atomic E-state index is 13.1. The van der Waals surface area contributed by atoms with Crippen molar-refractivity contribution < 1.29 is 18.0 Å². The molecule has 1 unspecified atom stereocenters. The fraction of sp³-hybridized carbons (Fsp3) is 0.231. The zero-order valence-electron chi connectivity index (χ0n) is 12.3. The van der Waals surface area contributed by atoms with E-state index in [1.54, 1.807) is 0 Å². The molecule has 1 aromatic carbocycles. The fourth-order valence-electron chi connectivity index (χ4n) is 1.94. The maximum absolute atomic E-state index is 13.1. The number of aromatic nitrogens is 2. The quantitative estimate of drug-likeness (QED) is 0.689. The van der Waals surface area contributed by atoms with E-state index in [0.717, 1.165) is 6.20 Å². The lowest BCUT2D eigenvalue weighted by Crippen LogP contribution is -2.26. The van der Waals surface area contributed by atoms with Gasteiger partial charge in [-0.2, -0.15) is 0 Å². The predicted octanol–water partition coefficient (Wildman–Crippen LogP) is 1.80. The molecule has 23 heavy (non-hydrogen) atoms. The van der Waals surface area contributed by atoms with Crippen LogP contribution in [0.15, 0.2) is 40.1 Å². The van der Waals surface area contributed by atoms with Gasteiger partial charge < -0.3 is 19.3 Å². The highest BCUT2D eigenvalue weighted by Crippen LogP contribution is 2.59. The molecule has 124 valence electrons. The highest BCUT2D eigenvalue weighted by molar-refractivity contribution is 7.54. The van der Waals surface area contributed by atoms with E-state index >= 15 is 0 Å². The summed E-state index contributed by atoms with van der Waals surface area (Å²) in [5.74, 6) is -1.55. The lowest BCUT2D eigenvalue weighted by atomic mass is 10.2. The van der Waals surface area contributed by atoms with Gasteiger partial charge in [-0.25, -0.2) is 9.18 Å². The van der Waals surface area contributed by atoms with E-state index in [-0.39, 0.29) is 5.69 Å². The van der Waals surface area contributed by atoms with Gasteiger partial charge in [-0.05, 0) is 17.7 Å². The number of hydrogen-bond donors (Lipinski definition) is 3. The van der Waals surface area contributed by atoms with Crippen LogP contribution in [0, 0.1) is 5.82 Å². The van der Waals surface area contributed by atoms with Gasteiger partial charge in [-0.3, -0.25) is 14.3 Å². The molecule has 0 spiro atoms. The van der Waals surface area contributed by atoms with Crippen molar-refractivity contribution in [2.24, 2.45) is 0 Å². The first kappa shape index (κ1) is 17.1. The zero-order valence-corrected chi connectivity index (χ0v) is 13.2. The summed E-state index contributed by atoms with van der Waals surface area (Å²) in [6.45, 7) is 0. The number of benzene rings is 1. The van der Waals surface area contributed by atoms with E-state index in [4.69, 9.17) is 9.05 Å². The van der Waals surface area contributed by atoms with Crippen molar-refractivity contribution >= 4 is 13.3 Å². The molecule has 3 N–H and O–H groups in total. The van der Waals surface area contributed by atoms with Gasteiger partial charge in [-0.15, -0.1) is 0 Å². The van der Waals surface area contributed by atoms with Crippen molar-refractivity contribution in [3.63, 3.8) is 0 Å². The topological polar surface area (TPSA) is 113 Å². The van der Waals surface area contributed by atoms with Gasteiger partial charge in [0.05, 0.1) is 0 Å².